The van der Waals surface area contributed by atoms with Crippen LogP contribution in [0.1, 0.15) is 5.82 Å². The summed E-state index contributed by atoms with van der Waals surface area (Å²) < 4.78 is 0. The van der Waals surface area contributed by atoms with Crippen LogP contribution < -0.4 is 0 Å². The third-order valence-electron chi connectivity index (χ3n) is 1.67. The molecule has 0 saturated heterocycles. The monoisotopic (exact) mass is 178 g/mol. The van der Waals surface area contributed by atoms with E-state index in [2.05, 4.69) is 9.97 Å². The first-order valence-corrected chi connectivity index (χ1v) is 4.02. The molecule has 0 spiro atoms. The fraction of sp³-hybridized carbons (Fsp3) is 0.111. The molecular weight excluding hydrogens is 172 g/mol. The molecule has 12 heavy (non-hydrogen) atoms. The number of hydrogen-bond donors (Lipinski definition) is 0. The minimum Gasteiger partial charge on any atom is -0.241 e. The number of hydrogen-bond acceptors (Lipinski definition) is 2. The van der Waals surface area contributed by atoms with Crippen LogP contribution in [0, 0.1) is 6.92 Å². The summed E-state index contributed by atoms with van der Waals surface area (Å²) >= 11 is 5.81. The van der Waals surface area contributed by atoms with Crippen molar-refractivity contribution in [3.63, 3.8) is 0 Å². The van der Waals surface area contributed by atoms with Crippen LogP contribution in [0.2, 0.25) is 5.02 Å². The number of nitrogens with zero attached hydrogens (tertiary/aromatic N) is 2. The van der Waals surface area contributed by atoms with E-state index in [0.717, 1.165) is 16.7 Å². The van der Waals surface area contributed by atoms with E-state index in [1.54, 1.807) is 6.20 Å². The van der Waals surface area contributed by atoms with E-state index in [4.69, 9.17) is 11.6 Å². The number of fused-ring (bicyclic) bond motifs is 1. The molecule has 3 heteroatoms. The first kappa shape index (κ1) is 7.50. The highest BCUT2D eigenvalue weighted by molar-refractivity contribution is 6.31. The summed E-state index contributed by atoms with van der Waals surface area (Å²) in [5, 5.41) is 1.73. The van der Waals surface area contributed by atoms with Gasteiger partial charge in [0.25, 0.3) is 0 Å². The van der Waals surface area contributed by atoms with E-state index >= 15 is 0 Å². The van der Waals surface area contributed by atoms with Crippen LogP contribution in [0.3, 0.4) is 0 Å². The Kier molecular flexibility index (Phi) is 1.70. The van der Waals surface area contributed by atoms with Crippen molar-refractivity contribution in [2.24, 2.45) is 0 Å². The molecule has 0 amide bonds. The number of aryl methyl sites for hydroxylation is 1. The molecule has 1 aromatic carbocycles. The van der Waals surface area contributed by atoms with Crippen molar-refractivity contribution < 1.29 is 0 Å². The van der Waals surface area contributed by atoms with Gasteiger partial charge in [-0.1, -0.05) is 11.6 Å². The van der Waals surface area contributed by atoms with Gasteiger partial charge in [0.05, 0.1) is 5.52 Å². The van der Waals surface area contributed by atoms with Crippen molar-refractivity contribution in [1.29, 1.82) is 0 Å². The molecule has 2 aromatic rings. The molecule has 0 aliphatic rings. The van der Waals surface area contributed by atoms with Gasteiger partial charge in [0.15, 0.2) is 0 Å². The summed E-state index contributed by atoms with van der Waals surface area (Å²) in [7, 11) is 0. The first-order chi connectivity index (χ1) is 5.75. The quantitative estimate of drug-likeness (QED) is 0.620. The summed E-state index contributed by atoms with van der Waals surface area (Å²) in [5.74, 6) is 0.768. The second-order valence-electron chi connectivity index (χ2n) is 2.62. The van der Waals surface area contributed by atoms with Crippen molar-refractivity contribution in [1.82, 2.24) is 9.97 Å². The Bertz CT molecular complexity index is 389. The maximum atomic E-state index is 5.81. The van der Waals surface area contributed by atoms with Crippen molar-refractivity contribution in [3.05, 3.63) is 35.2 Å². The lowest BCUT2D eigenvalue weighted by molar-refractivity contribution is 1.09. The summed E-state index contributed by atoms with van der Waals surface area (Å²) in [6.07, 6.45) is 1.80. The summed E-state index contributed by atoms with van der Waals surface area (Å²) in [6, 6.07) is 5.59. The molecule has 2 nitrogen and oxygen atoms in total. The fourth-order valence-electron chi connectivity index (χ4n) is 1.09. The standard InChI is InChI=1S/C9H7ClN2/c1-6-11-5-7-2-3-8(10)4-9(7)12-6/h2-5H,1H3. The molecule has 1 heterocycles. The molecule has 0 aliphatic heterocycles. The highest BCUT2D eigenvalue weighted by Crippen LogP contribution is 2.16. The van der Waals surface area contributed by atoms with Crippen LogP contribution in [0.25, 0.3) is 10.9 Å². The summed E-state index contributed by atoms with van der Waals surface area (Å²) in [5.41, 5.74) is 0.898. The van der Waals surface area contributed by atoms with Crippen molar-refractivity contribution in [3.8, 4) is 0 Å². The largest absolute Gasteiger partial charge is 0.241 e. The molecule has 0 fully saturated rings. The Hall–Kier alpha value is -1.15. The Morgan fingerprint density at radius 3 is 3.00 bits per heavy atom. The zero-order valence-corrected chi connectivity index (χ0v) is 7.34. The number of benzene rings is 1. The normalized spacial score (nSPS) is 10.5. The van der Waals surface area contributed by atoms with Gasteiger partial charge in [0, 0.05) is 16.6 Å². The topological polar surface area (TPSA) is 25.8 Å². The lowest BCUT2D eigenvalue weighted by Crippen LogP contribution is -1.86. The predicted molar refractivity (Wildman–Crippen MR) is 49.3 cm³/mol. The van der Waals surface area contributed by atoms with Gasteiger partial charge in [0.2, 0.25) is 0 Å². The van der Waals surface area contributed by atoms with E-state index in [9.17, 15) is 0 Å². The van der Waals surface area contributed by atoms with Crippen LogP contribution in [0.4, 0.5) is 0 Å². The Morgan fingerprint density at radius 2 is 2.17 bits per heavy atom. The molecule has 0 bridgehead atoms. The van der Waals surface area contributed by atoms with Crippen LogP contribution in [-0.2, 0) is 0 Å². The van der Waals surface area contributed by atoms with E-state index < -0.39 is 0 Å². The lowest BCUT2D eigenvalue weighted by atomic mass is 10.2. The lowest BCUT2D eigenvalue weighted by Gasteiger charge is -1.97. The van der Waals surface area contributed by atoms with Gasteiger partial charge in [-0.15, -0.1) is 0 Å². The zero-order chi connectivity index (χ0) is 8.55. The third kappa shape index (κ3) is 1.25. The van der Waals surface area contributed by atoms with Crippen molar-refractivity contribution in [2.45, 2.75) is 6.92 Å². The SMILES string of the molecule is Cc1ncc2ccc(Cl)cc2n1. The molecule has 0 radical (unpaired) electrons. The third-order valence-corrected chi connectivity index (χ3v) is 1.90. The highest BCUT2D eigenvalue weighted by Gasteiger charge is 1.96. The van der Waals surface area contributed by atoms with Crippen LogP contribution in [0.15, 0.2) is 24.4 Å². The van der Waals surface area contributed by atoms with E-state index in [1.165, 1.54) is 0 Å². The van der Waals surface area contributed by atoms with Gasteiger partial charge in [-0.25, -0.2) is 9.97 Å². The van der Waals surface area contributed by atoms with E-state index in [0.29, 0.717) is 5.02 Å². The molecular formula is C9H7ClN2. The highest BCUT2D eigenvalue weighted by atomic mass is 35.5. The smallest absolute Gasteiger partial charge is 0.125 e. The Labute approximate surface area is 75.2 Å². The molecule has 0 saturated carbocycles. The van der Waals surface area contributed by atoms with Crippen LogP contribution in [-0.4, -0.2) is 9.97 Å². The molecule has 0 aliphatic carbocycles. The fourth-order valence-corrected chi connectivity index (χ4v) is 1.26. The van der Waals surface area contributed by atoms with Gasteiger partial charge in [0.1, 0.15) is 5.82 Å². The van der Waals surface area contributed by atoms with Gasteiger partial charge < -0.3 is 0 Å². The Morgan fingerprint density at radius 1 is 1.33 bits per heavy atom. The second-order valence-corrected chi connectivity index (χ2v) is 3.06. The minimum absolute atomic E-state index is 0.709. The van der Waals surface area contributed by atoms with Gasteiger partial charge >= 0.3 is 0 Å². The van der Waals surface area contributed by atoms with Gasteiger partial charge in [-0.2, -0.15) is 0 Å². The minimum atomic E-state index is 0.709. The molecule has 2 rings (SSSR count). The molecule has 0 atom stereocenters. The van der Waals surface area contributed by atoms with E-state index in [1.807, 2.05) is 25.1 Å². The maximum Gasteiger partial charge on any atom is 0.125 e. The number of aromatic nitrogens is 2. The maximum absolute atomic E-state index is 5.81. The summed E-state index contributed by atoms with van der Waals surface area (Å²) in [4.78, 5) is 8.32. The number of rotatable bonds is 0. The molecule has 60 valence electrons. The van der Waals surface area contributed by atoms with Gasteiger partial charge in [-0.05, 0) is 25.1 Å². The van der Waals surface area contributed by atoms with Crippen molar-refractivity contribution in [2.75, 3.05) is 0 Å². The van der Waals surface area contributed by atoms with Crippen LogP contribution in [0.5, 0.6) is 0 Å². The molecule has 0 unspecified atom stereocenters. The van der Waals surface area contributed by atoms with E-state index in [-0.39, 0.29) is 0 Å². The molecule has 0 N–H and O–H groups in total. The van der Waals surface area contributed by atoms with Gasteiger partial charge in [-0.3, -0.25) is 0 Å². The zero-order valence-electron chi connectivity index (χ0n) is 6.58. The second kappa shape index (κ2) is 2.72. The average molecular weight is 179 g/mol. The molecule has 1 aromatic heterocycles. The average Bonchev–Trinajstić information content (AvgIpc) is 2.03. The first-order valence-electron chi connectivity index (χ1n) is 3.64. The van der Waals surface area contributed by atoms with Crippen LogP contribution >= 0.6 is 11.6 Å². The summed E-state index contributed by atoms with van der Waals surface area (Å²) in [6.45, 7) is 1.86. The predicted octanol–water partition coefficient (Wildman–Crippen LogP) is 2.59. The Balaban J connectivity index is 2.80. The number of halogens is 1. The van der Waals surface area contributed by atoms with Crippen molar-refractivity contribution >= 4 is 22.5 Å².